The Hall–Kier alpha value is -1.94. The molecule has 0 aliphatic rings. The van der Waals surface area contributed by atoms with Gasteiger partial charge in [-0.15, -0.1) is 0 Å². The lowest BCUT2D eigenvalue weighted by Crippen LogP contribution is -2.18. The summed E-state index contributed by atoms with van der Waals surface area (Å²) in [5, 5.41) is 3.43. The summed E-state index contributed by atoms with van der Waals surface area (Å²) in [4.78, 5) is 8.29. The second kappa shape index (κ2) is 6.12. The first-order valence-corrected chi connectivity index (χ1v) is 5.92. The van der Waals surface area contributed by atoms with Gasteiger partial charge in [-0.1, -0.05) is 12.1 Å². The van der Waals surface area contributed by atoms with Gasteiger partial charge in [0.2, 0.25) is 5.88 Å². The van der Waals surface area contributed by atoms with E-state index in [1.54, 1.807) is 19.5 Å². The molecule has 2 rings (SSSR count). The van der Waals surface area contributed by atoms with Crippen LogP contribution in [0.25, 0.3) is 0 Å². The molecule has 1 N–H and O–H groups in total. The van der Waals surface area contributed by atoms with E-state index in [0.29, 0.717) is 12.4 Å². The summed E-state index contributed by atoms with van der Waals surface area (Å²) in [6.45, 7) is 2.83. The zero-order valence-electron chi connectivity index (χ0n) is 10.6. The molecule has 4 nitrogen and oxygen atoms in total. The number of nitrogens with one attached hydrogen (secondary N) is 1. The lowest BCUT2D eigenvalue weighted by atomic mass is 10.1. The maximum Gasteiger partial charge on any atom is 0.217 e. The van der Waals surface area contributed by atoms with Crippen LogP contribution in [0.15, 0.2) is 42.9 Å². The Labute approximate surface area is 107 Å². The number of rotatable bonds is 5. The van der Waals surface area contributed by atoms with E-state index in [1.165, 1.54) is 5.56 Å². The van der Waals surface area contributed by atoms with Gasteiger partial charge >= 0.3 is 0 Å². The highest BCUT2D eigenvalue weighted by Gasteiger charge is 2.07. The summed E-state index contributed by atoms with van der Waals surface area (Å²) in [6.07, 6.45) is 5.38. The first kappa shape index (κ1) is 12.5. The van der Waals surface area contributed by atoms with Gasteiger partial charge in [0, 0.05) is 36.7 Å². The lowest BCUT2D eigenvalue weighted by molar-refractivity contribution is 0.389. The van der Waals surface area contributed by atoms with Crippen molar-refractivity contribution in [1.82, 2.24) is 15.3 Å². The Morgan fingerprint density at radius 3 is 2.83 bits per heavy atom. The first-order valence-electron chi connectivity index (χ1n) is 5.92. The van der Waals surface area contributed by atoms with Crippen molar-refractivity contribution in [2.75, 3.05) is 7.11 Å². The Balaban J connectivity index is 1.99. The molecule has 0 unspecified atom stereocenters. The quantitative estimate of drug-likeness (QED) is 0.875. The highest BCUT2D eigenvalue weighted by molar-refractivity contribution is 5.25. The molecule has 0 bridgehead atoms. The van der Waals surface area contributed by atoms with Crippen molar-refractivity contribution >= 4 is 0 Å². The fourth-order valence-electron chi connectivity index (χ4n) is 1.76. The van der Waals surface area contributed by atoms with Crippen LogP contribution in [0.2, 0.25) is 0 Å². The zero-order valence-corrected chi connectivity index (χ0v) is 10.6. The smallest absolute Gasteiger partial charge is 0.217 e. The molecule has 94 valence electrons. The Bertz CT molecular complexity index is 487. The van der Waals surface area contributed by atoms with Gasteiger partial charge in [0.05, 0.1) is 7.11 Å². The van der Waals surface area contributed by atoms with E-state index in [9.17, 15) is 0 Å². The summed E-state index contributed by atoms with van der Waals surface area (Å²) < 4.78 is 5.22. The van der Waals surface area contributed by atoms with Gasteiger partial charge in [-0.2, -0.15) is 0 Å². The molecule has 18 heavy (non-hydrogen) atoms. The van der Waals surface area contributed by atoms with Crippen LogP contribution in [0.1, 0.15) is 24.1 Å². The first-order chi connectivity index (χ1) is 8.81. The molecule has 0 aliphatic carbocycles. The number of hydrogen-bond acceptors (Lipinski definition) is 4. The molecule has 0 aliphatic heterocycles. The van der Waals surface area contributed by atoms with Crippen LogP contribution < -0.4 is 10.1 Å². The molecule has 0 aromatic carbocycles. The monoisotopic (exact) mass is 243 g/mol. The van der Waals surface area contributed by atoms with Crippen LogP contribution in [0.5, 0.6) is 5.88 Å². The van der Waals surface area contributed by atoms with Crippen LogP contribution >= 0.6 is 0 Å². The number of methoxy groups -OCH3 is 1. The molecule has 2 aromatic heterocycles. The average Bonchev–Trinajstić information content (AvgIpc) is 2.46. The fraction of sp³-hybridized carbons (Fsp3) is 0.286. The van der Waals surface area contributed by atoms with Crippen molar-refractivity contribution in [3.05, 3.63) is 54.0 Å². The second-order valence-corrected chi connectivity index (χ2v) is 4.06. The van der Waals surface area contributed by atoms with E-state index >= 15 is 0 Å². The van der Waals surface area contributed by atoms with Crippen LogP contribution in [0.3, 0.4) is 0 Å². The second-order valence-electron chi connectivity index (χ2n) is 4.06. The normalized spacial score (nSPS) is 12.1. The van der Waals surface area contributed by atoms with Gasteiger partial charge in [0.15, 0.2) is 0 Å². The maximum atomic E-state index is 5.22. The molecule has 0 spiro atoms. The predicted octanol–water partition coefficient (Wildman–Crippen LogP) is 2.34. The van der Waals surface area contributed by atoms with Crippen LogP contribution in [-0.4, -0.2) is 17.1 Å². The Kier molecular flexibility index (Phi) is 4.25. The van der Waals surface area contributed by atoms with E-state index in [0.717, 1.165) is 5.56 Å². The predicted molar refractivity (Wildman–Crippen MR) is 70.3 cm³/mol. The standard InChI is InChI=1S/C14H17N3O/c1-11(12-5-3-7-15-9-12)17-10-13-6-4-8-16-14(13)18-2/h3-9,11,17H,10H2,1-2H3/t11-/m0/s1. The average molecular weight is 243 g/mol. The molecular formula is C14H17N3O. The SMILES string of the molecule is COc1ncccc1CN[C@@H](C)c1cccnc1. The van der Waals surface area contributed by atoms with Crippen LogP contribution in [0.4, 0.5) is 0 Å². The van der Waals surface area contributed by atoms with Gasteiger partial charge in [0.25, 0.3) is 0 Å². The number of pyridine rings is 2. The molecule has 2 aromatic rings. The van der Waals surface area contributed by atoms with E-state index in [-0.39, 0.29) is 6.04 Å². The number of hydrogen-bond donors (Lipinski definition) is 1. The van der Waals surface area contributed by atoms with Gasteiger partial charge < -0.3 is 10.1 Å². The number of aromatic nitrogens is 2. The molecule has 0 saturated carbocycles. The van der Waals surface area contributed by atoms with Crippen molar-refractivity contribution in [1.29, 1.82) is 0 Å². The third-order valence-electron chi connectivity index (χ3n) is 2.83. The van der Waals surface area contributed by atoms with Gasteiger partial charge in [0.1, 0.15) is 0 Å². The van der Waals surface area contributed by atoms with Gasteiger partial charge in [-0.25, -0.2) is 4.98 Å². The highest BCUT2D eigenvalue weighted by Crippen LogP contribution is 2.16. The van der Waals surface area contributed by atoms with Crippen LogP contribution in [0, 0.1) is 0 Å². The molecule has 2 heterocycles. The van der Waals surface area contributed by atoms with Gasteiger partial charge in [-0.3, -0.25) is 4.98 Å². The minimum Gasteiger partial charge on any atom is -0.481 e. The molecule has 0 amide bonds. The minimum atomic E-state index is 0.239. The highest BCUT2D eigenvalue weighted by atomic mass is 16.5. The van der Waals surface area contributed by atoms with E-state index in [2.05, 4.69) is 28.3 Å². The van der Waals surface area contributed by atoms with Crippen molar-refractivity contribution in [2.45, 2.75) is 19.5 Å². The van der Waals surface area contributed by atoms with Crippen molar-refractivity contribution in [3.63, 3.8) is 0 Å². The molecule has 0 saturated heterocycles. The van der Waals surface area contributed by atoms with E-state index in [4.69, 9.17) is 4.74 Å². The lowest BCUT2D eigenvalue weighted by Gasteiger charge is -2.14. The summed E-state index contributed by atoms with van der Waals surface area (Å²) in [5.41, 5.74) is 2.22. The molecule has 4 heteroatoms. The summed E-state index contributed by atoms with van der Waals surface area (Å²) in [5.74, 6) is 0.670. The molecule has 1 atom stereocenters. The molecule has 0 fully saturated rings. The molecular weight excluding hydrogens is 226 g/mol. The topological polar surface area (TPSA) is 47.0 Å². The molecule has 0 radical (unpaired) electrons. The summed E-state index contributed by atoms with van der Waals surface area (Å²) >= 11 is 0. The Morgan fingerprint density at radius 2 is 2.11 bits per heavy atom. The number of nitrogens with zero attached hydrogens (tertiary/aromatic N) is 2. The maximum absolute atomic E-state index is 5.22. The minimum absolute atomic E-state index is 0.239. The fourth-order valence-corrected chi connectivity index (χ4v) is 1.76. The Morgan fingerprint density at radius 1 is 1.28 bits per heavy atom. The summed E-state index contributed by atoms with van der Waals surface area (Å²) in [7, 11) is 1.64. The summed E-state index contributed by atoms with van der Waals surface area (Å²) in [6, 6.07) is 8.16. The van der Waals surface area contributed by atoms with Crippen molar-refractivity contribution in [3.8, 4) is 5.88 Å². The zero-order chi connectivity index (χ0) is 12.8. The number of ether oxygens (including phenoxy) is 1. The van der Waals surface area contributed by atoms with Crippen molar-refractivity contribution < 1.29 is 4.74 Å². The van der Waals surface area contributed by atoms with E-state index < -0.39 is 0 Å². The third kappa shape index (κ3) is 3.05. The van der Waals surface area contributed by atoms with Crippen LogP contribution in [-0.2, 0) is 6.54 Å². The van der Waals surface area contributed by atoms with Gasteiger partial charge in [-0.05, 0) is 24.6 Å². The van der Waals surface area contributed by atoms with E-state index in [1.807, 2.05) is 24.4 Å². The largest absolute Gasteiger partial charge is 0.481 e. The third-order valence-corrected chi connectivity index (χ3v) is 2.83. The van der Waals surface area contributed by atoms with Crippen molar-refractivity contribution in [2.24, 2.45) is 0 Å².